The number of ether oxygens (including phenoxy) is 2. The molecule has 0 atom stereocenters. The smallest absolute Gasteiger partial charge is 0.430 e. The fourth-order valence-electron chi connectivity index (χ4n) is 1.76. The number of para-hydroxylation sites is 1. The summed E-state index contributed by atoms with van der Waals surface area (Å²) in [5.41, 5.74) is 1.38. The largest absolute Gasteiger partial charge is 0.509 e. The average Bonchev–Trinajstić information content (AvgIpc) is 2.41. The topological polar surface area (TPSA) is 48.4 Å². The normalized spacial score (nSPS) is 11.8. The molecule has 4 heteroatoms. The number of pyridine rings is 1. The highest BCUT2D eigenvalue weighted by molar-refractivity contribution is 5.80. The fraction of sp³-hybridized carbons (Fsp3) is 0.294. The first kappa shape index (κ1) is 15.0. The monoisotopic (exact) mass is 285 g/mol. The van der Waals surface area contributed by atoms with E-state index >= 15 is 0 Å². The van der Waals surface area contributed by atoms with Crippen molar-refractivity contribution >= 4 is 23.1 Å². The lowest BCUT2D eigenvalue weighted by Crippen LogP contribution is -2.24. The molecule has 2 aromatic rings. The van der Waals surface area contributed by atoms with Crippen LogP contribution in [-0.2, 0) is 9.47 Å². The Morgan fingerprint density at radius 2 is 2.05 bits per heavy atom. The minimum Gasteiger partial charge on any atom is -0.430 e. The predicted octanol–water partition coefficient (Wildman–Crippen LogP) is 4.20. The van der Waals surface area contributed by atoms with Gasteiger partial charge in [-0.3, -0.25) is 4.98 Å². The quantitative estimate of drug-likeness (QED) is 0.793. The van der Waals surface area contributed by atoms with Gasteiger partial charge >= 0.3 is 6.16 Å². The number of carbonyl (C=O) groups is 1. The van der Waals surface area contributed by atoms with Crippen molar-refractivity contribution in [3.8, 4) is 0 Å². The molecule has 0 radical (unpaired) electrons. The van der Waals surface area contributed by atoms with Crippen LogP contribution in [0, 0.1) is 0 Å². The first-order chi connectivity index (χ1) is 9.94. The van der Waals surface area contributed by atoms with Crippen LogP contribution in [0.2, 0.25) is 0 Å². The number of hydrogen-bond acceptors (Lipinski definition) is 4. The van der Waals surface area contributed by atoms with Gasteiger partial charge in [-0.05, 0) is 44.5 Å². The molecule has 1 heterocycles. The van der Waals surface area contributed by atoms with Gasteiger partial charge in [0.15, 0.2) is 0 Å². The molecule has 1 aromatic heterocycles. The van der Waals surface area contributed by atoms with E-state index in [2.05, 4.69) is 4.98 Å². The zero-order chi connectivity index (χ0) is 15.3. The van der Waals surface area contributed by atoms with Gasteiger partial charge in [0.05, 0.1) is 5.52 Å². The Kier molecular flexibility index (Phi) is 4.58. The number of benzene rings is 1. The summed E-state index contributed by atoms with van der Waals surface area (Å²) in [6, 6.07) is 9.94. The van der Waals surface area contributed by atoms with Crippen LogP contribution in [0.15, 0.2) is 42.6 Å². The van der Waals surface area contributed by atoms with Crippen LogP contribution in [0.1, 0.15) is 26.3 Å². The lowest BCUT2D eigenvalue weighted by molar-refractivity contribution is -0.00234. The van der Waals surface area contributed by atoms with E-state index in [9.17, 15) is 4.79 Å². The summed E-state index contributed by atoms with van der Waals surface area (Å²) in [6.45, 7) is 5.56. The van der Waals surface area contributed by atoms with Crippen LogP contribution in [-0.4, -0.2) is 23.3 Å². The zero-order valence-corrected chi connectivity index (χ0v) is 12.5. The van der Waals surface area contributed by atoms with Crippen molar-refractivity contribution in [2.45, 2.75) is 26.4 Å². The highest BCUT2D eigenvalue weighted by Gasteiger charge is 2.16. The van der Waals surface area contributed by atoms with Crippen LogP contribution in [0.4, 0.5) is 4.79 Å². The average molecular weight is 285 g/mol. The van der Waals surface area contributed by atoms with E-state index in [1.54, 1.807) is 33.0 Å². The number of rotatable bonds is 3. The Balaban J connectivity index is 1.90. The Morgan fingerprint density at radius 3 is 2.81 bits per heavy atom. The van der Waals surface area contributed by atoms with E-state index in [4.69, 9.17) is 9.47 Å². The third-order valence-corrected chi connectivity index (χ3v) is 2.61. The van der Waals surface area contributed by atoms with Crippen LogP contribution < -0.4 is 0 Å². The summed E-state index contributed by atoms with van der Waals surface area (Å²) in [7, 11) is 0. The van der Waals surface area contributed by atoms with Gasteiger partial charge in [0.2, 0.25) is 0 Å². The van der Waals surface area contributed by atoms with Gasteiger partial charge in [0.25, 0.3) is 0 Å². The molecular formula is C17H19NO3. The third-order valence-electron chi connectivity index (χ3n) is 2.61. The van der Waals surface area contributed by atoms with Crippen LogP contribution in [0.3, 0.4) is 0 Å². The molecule has 0 unspecified atom stereocenters. The van der Waals surface area contributed by atoms with E-state index < -0.39 is 11.8 Å². The summed E-state index contributed by atoms with van der Waals surface area (Å²) >= 11 is 0. The molecule has 4 nitrogen and oxygen atoms in total. The first-order valence-electron chi connectivity index (χ1n) is 6.81. The molecule has 21 heavy (non-hydrogen) atoms. The number of nitrogens with zero attached hydrogens (tertiary/aromatic N) is 1. The second-order valence-corrected chi connectivity index (χ2v) is 5.64. The van der Waals surface area contributed by atoms with Crippen LogP contribution in [0.5, 0.6) is 0 Å². The van der Waals surface area contributed by atoms with Gasteiger partial charge in [-0.25, -0.2) is 4.79 Å². The van der Waals surface area contributed by atoms with Crippen molar-refractivity contribution in [1.82, 2.24) is 4.98 Å². The molecule has 0 saturated carbocycles. The molecule has 0 spiro atoms. The Hall–Kier alpha value is -2.36. The van der Waals surface area contributed by atoms with Gasteiger partial charge in [-0.1, -0.05) is 24.3 Å². The summed E-state index contributed by atoms with van der Waals surface area (Å²) in [5.74, 6) is 0. The van der Waals surface area contributed by atoms with E-state index in [0.717, 1.165) is 16.5 Å². The van der Waals surface area contributed by atoms with Gasteiger partial charge in [-0.15, -0.1) is 0 Å². The SMILES string of the molecule is CC(C)(C)OC(=O)OC/C=C\c1cnc2ccccc2c1. The van der Waals surface area contributed by atoms with Crippen molar-refractivity contribution in [1.29, 1.82) is 0 Å². The van der Waals surface area contributed by atoms with Crippen molar-refractivity contribution in [2.24, 2.45) is 0 Å². The van der Waals surface area contributed by atoms with Crippen LogP contribution in [0.25, 0.3) is 17.0 Å². The maximum atomic E-state index is 11.4. The summed E-state index contributed by atoms with van der Waals surface area (Å²) in [6.07, 6.45) is 4.75. The van der Waals surface area contributed by atoms with Crippen molar-refractivity contribution in [3.05, 3.63) is 48.2 Å². The van der Waals surface area contributed by atoms with Crippen molar-refractivity contribution in [3.63, 3.8) is 0 Å². The Labute approximate surface area is 124 Å². The zero-order valence-electron chi connectivity index (χ0n) is 12.5. The Bertz CT molecular complexity index is 656. The van der Waals surface area contributed by atoms with E-state index in [1.165, 1.54) is 0 Å². The maximum absolute atomic E-state index is 11.4. The molecule has 0 aliphatic carbocycles. The fourth-order valence-corrected chi connectivity index (χ4v) is 1.76. The standard InChI is InChI=1S/C17H19NO3/c1-17(2,3)21-16(19)20-10-6-7-13-11-14-8-4-5-9-15(14)18-12-13/h4-9,11-12H,10H2,1-3H3/b7-6-. The molecule has 110 valence electrons. The molecule has 0 aliphatic rings. The van der Waals surface area contributed by atoms with Crippen LogP contribution >= 0.6 is 0 Å². The van der Waals surface area contributed by atoms with E-state index in [-0.39, 0.29) is 6.61 Å². The van der Waals surface area contributed by atoms with Gasteiger partial charge < -0.3 is 9.47 Å². The highest BCUT2D eigenvalue weighted by Crippen LogP contribution is 2.13. The molecule has 0 N–H and O–H groups in total. The molecule has 0 aliphatic heterocycles. The van der Waals surface area contributed by atoms with E-state index in [0.29, 0.717) is 0 Å². The number of fused-ring (bicyclic) bond motifs is 1. The van der Waals surface area contributed by atoms with E-state index in [1.807, 2.05) is 36.4 Å². The van der Waals surface area contributed by atoms with Gasteiger partial charge in [0, 0.05) is 11.6 Å². The molecule has 0 fully saturated rings. The molecule has 2 rings (SSSR count). The molecule has 1 aromatic carbocycles. The van der Waals surface area contributed by atoms with Crippen molar-refractivity contribution in [2.75, 3.05) is 6.61 Å². The Morgan fingerprint density at radius 1 is 1.29 bits per heavy atom. The number of aromatic nitrogens is 1. The lowest BCUT2D eigenvalue weighted by Gasteiger charge is -2.18. The minimum atomic E-state index is -0.663. The summed E-state index contributed by atoms with van der Waals surface area (Å²) < 4.78 is 10.00. The molecule has 0 amide bonds. The first-order valence-corrected chi connectivity index (χ1v) is 6.81. The molecule has 0 bridgehead atoms. The second-order valence-electron chi connectivity index (χ2n) is 5.64. The highest BCUT2D eigenvalue weighted by atomic mass is 16.7. The molecule has 0 saturated heterocycles. The summed E-state index contributed by atoms with van der Waals surface area (Å²) in [5, 5.41) is 1.08. The predicted molar refractivity (Wildman–Crippen MR) is 83.0 cm³/mol. The number of carbonyl (C=O) groups excluding carboxylic acids is 1. The van der Waals surface area contributed by atoms with Crippen molar-refractivity contribution < 1.29 is 14.3 Å². The van der Waals surface area contributed by atoms with Gasteiger partial charge in [-0.2, -0.15) is 0 Å². The second kappa shape index (κ2) is 6.39. The maximum Gasteiger partial charge on any atom is 0.509 e. The third kappa shape index (κ3) is 4.91. The lowest BCUT2D eigenvalue weighted by atomic mass is 10.1. The number of hydrogen-bond donors (Lipinski definition) is 0. The summed E-state index contributed by atoms with van der Waals surface area (Å²) in [4.78, 5) is 15.7. The van der Waals surface area contributed by atoms with Gasteiger partial charge in [0.1, 0.15) is 12.2 Å². The molecular weight excluding hydrogens is 266 g/mol. The minimum absolute atomic E-state index is 0.168.